The molecule has 0 bridgehead atoms. The van der Waals surface area contributed by atoms with E-state index in [1.807, 2.05) is 75.5 Å². The molecule has 1 amide bonds. The van der Waals surface area contributed by atoms with Crippen LogP contribution in [0.2, 0.25) is 0 Å². The number of rotatable bonds is 5. The average Bonchev–Trinajstić information content (AvgIpc) is 2.47. The van der Waals surface area contributed by atoms with Gasteiger partial charge in [0.2, 0.25) is 5.91 Å². The van der Waals surface area contributed by atoms with E-state index in [2.05, 4.69) is 5.32 Å². The normalized spacial score (nSPS) is 11.8. The summed E-state index contributed by atoms with van der Waals surface area (Å²) < 4.78 is 0. The topological polar surface area (TPSA) is 32.3 Å². The molecule has 0 radical (unpaired) electrons. The van der Waals surface area contributed by atoms with Crippen LogP contribution in [0.1, 0.15) is 18.1 Å². The van der Waals surface area contributed by atoms with Crippen LogP contribution in [0.5, 0.6) is 0 Å². The lowest BCUT2D eigenvalue weighted by atomic mass is 10.2. The summed E-state index contributed by atoms with van der Waals surface area (Å²) in [5, 5.41) is 3.26. The van der Waals surface area contributed by atoms with Crippen molar-refractivity contribution in [2.45, 2.75) is 26.4 Å². The van der Waals surface area contributed by atoms with Gasteiger partial charge in [0.25, 0.3) is 0 Å². The first-order chi connectivity index (χ1) is 10.1. The quantitative estimate of drug-likeness (QED) is 0.911. The van der Waals surface area contributed by atoms with Gasteiger partial charge in [-0.1, -0.05) is 42.5 Å². The zero-order valence-electron chi connectivity index (χ0n) is 12.8. The maximum Gasteiger partial charge on any atom is 0.244 e. The molecule has 2 aromatic rings. The van der Waals surface area contributed by atoms with Crippen molar-refractivity contribution in [3.05, 3.63) is 65.7 Å². The van der Waals surface area contributed by atoms with Crippen LogP contribution in [-0.2, 0) is 11.3 Å². The van der Waals surface area contributed by atoms with E-state index in [4.69, 9.17) is 0 Å². The lowest BCUT2D eigenvalue weighted by Gasteiger charge is -2.23. The third kappa shape index (κ3) is 4.35. The Bertz CT molecular complexity index is 595. The zero-order valence-corrected chi connectivity index (χ0v) is 12.8. The summed E-state index contributed by atoms with van der Waals surface area (Å²) in [4.78, 5) is 14.2. The number of anilines is 1. The van der Waals surface area contributed by atoms with Gasteiger partial charge in [-0.3, -0.25) is 4.79 Å². The van der Waals surface area contributed by atoms with Gasteiger partial charge in [-0.15, -0.1) is 0 Å². The molecule has 0 aliphatic heterocycles. The largest absolute Gasteiger partial charge is 0.374 e. The number of carbonyl (C=O) groups excluding carboxylic acids is 1. The lowest BCUT2D eigenvalue weighted by Crippen LogP contribution is -2.38. The monoisotopic (exact) mass is 282 g/mol. The van der Waals surface area contributed by atoms with Crippen molar-refractivity contribution in [3.63, 3.8) is 0 Å². The minimum Gasteiger partial charge on any atom is -0.374 e. The second-order valence-electron chi connectivity index (χ2n) is 5.42. The van der Waals surface area contributed by atoms with Crippen LogP contribution in [0.4, 0.5) is 5.69 Å². The fraction of sp³-hybridized carbons (Fsp3) is 0.278. The van der Waals surface area contributed by atoms with Crippen molar-refractivity contribution >= 4 is 11.6 Å². The first-order valence-electron chi connectivity index (χ1n) is 7.18. The Balaban J connectivity index is 1.95. The molecule has 0 saturated heterocycles. The van der Waals surface area contributed by atoms with Gasteiger partial charge in [0.05, 0.1) is 0 Å². The number of carbonyl (C=O) groups is 1. The number of likely N-dealkylation sites (N-methyl/N-ethyl adjacent to an activating group) is 1. The predicted molar refractivity (Wildman–Crippen MR) is 87.2 cm³/mol. The fourth-order valence-corrected chi connectivity index (χ4v) is 2.31. The number of nitrogens with one attached hydrogen (secondary N) is 1. The van der Waals surface area contributed by atoms with Crippen molar-refractivity contribution in [1.82, 2.24) is 4.90 Å². The molecule has 3 nitrogen and oxygen atoms in total. The summed E-state index contributed by atoms with van der Waals surface area (Å²) in [5.74, 6) is 0.0837. The van der Waals surface area contributed by atoms with Crippen LogP contribution in [0.15, 0.2) is 54.6 Å². The van der Waals surface area contributed by atoms with E-state index in [-0.39, 0.29) is 11.9 Å². The SMILES string of the molecule is Cc1cccc(NC(C)C(=O)N(C)Cc2ccccc2)c1. The predicted octanol–water partition coefficient (Wildman–Crippen LogP) is 3.45. The van der Waals surface area contributed by atoms with Crippen LogP contribution >= 0.6 is 0 Å². The Kier molecular flexibility index (Phi) is 4.99. The number of amides is 1. The van der Waals surface area contributed by atoms with E-state index < -0.39 is 0 Å². The van der Waals surface area contributed by atoms with Crippen molar-refractivity contribution in [2.75, 3.05) is 12.4 Å². The van der Waals surface area contributed by atoms with E-state index in [1.165, 1.54) is 5.56 Å². The van der Waals surface area contributed by atoms with Crippen molar-refractivity contribution in [2.24, 2.45) is 0 Å². The second kappa shape index (κ2) is 6.93. The van der Waals surface area contributed by atoms with E-state index in [9.17, 15) is 4.79 Å². The third-order valence-corrected chi connectivity index (χ3v) is 3.41. The Morgan fingerprint density at radius 2 is 1.86 bits per heavy atom. The first-order valence-corrected chi connectivity index (χ1v) is 7.18. The summed E-state index contributed by atoms with van der Waals surface area (Å²) in [6.07, 6.45) is 0. The van der Waals surface area contributed by atoms with E-state index in [1.54, 1.807) is 4.90 Å². The van der Waals surface area contributed by atoms with Gasteiger partial charge in [0.1, 0.15) is 6.04 Å². The van der Waals surface area contributed by atoms with Gasteiger partial charge in [-0.2, -0.15) is 0 Å². The highest BCUT2D eigenvalue weighted by Crippen LogP contribution is 2.12. The first kappa shape index (κ1) is 15.1. The van der Waals surface area contributed by atoms with E-state index in [0.29, 0.717) is 6.54 Å². The molecule has 2 aromatic carbocycles. The summed E-state index contributed by atoms with van der Waals surface area (Å²) in [6.45, 7) is 4.56. The molecule has 0 heterocycles. The molecule has 2 rings (SSSR count). The van der Waals surface area contributed by atoms with Gasteiger partial charge in [-0.05, 0) is 37.1 Å². The van der Waals surface area contributed by atoms with Crippen LogP contribution in [0.3, 0.4) is 0 Å². The number of nitrogens with zero attached hydrogens (tertiary/aromatic N) is 1. The van der Waals surface area contributed by atoms with E-state index >= 15 is 0 Å². The molecule has 21 heavy (non-hydrogen) atoms. The molecule has 1 N–H and O–H groups in total. The molecule has 0 saturated carbocycles. The Morgan fingerprint density at radius 1 is 1.14 bits per heavy atom. The molecule has 0 spiro atoms. The van der Waals surface area contributed by atoms with Crippen LogP contribution < -0.4 is 5.32 Å². The van der Waals surface area contributed by atoms with Gasteiger partial charge in [-0.25, -0.2) is 0 Å². The maximum absolute atomic E-state index is 12.4. The van der Waals surface area contributed by atoms with Crippen molar-refractivity contribution in [3.8, 4) is 0 Å². The number of hydrogen-bond donors (Lipinski definition) is 1. The third-order valence-electron chi connectivity index (χ3n) is 3.41. The minimum absolute atomic E-state index is 0.0837. The maximum atomic E-state index is 12.4. The molecule has 1 unspecified atom stereocenters. The Labute approximate surface area is 126 Å². The van der Waals surface area contributed by atoms with Crippen LogP contribution in [0.25, 0.3) is 0 Å². The molecule has 0 aliphatic carbocycles. The minimum atomic E-state index is -0.250. The zero-order chi connectivity index (χ0) is 15.2. The van der Waals surface area contributed by atoms with E-state index in [0.717, 1.165) is 11.3 Å². The molecule has 1 atom stereocenters. The summed E-state index contributed by atoms with van der Waals surface area (Å²) >= 11 is 0. The van der Waals surface area contributed by atoms with Crippen LogP contribution in [-0.4, -0.2) is 23.9 Å². The fourth-order valence-electron chi connectivity index (χ4n) is 2.31. The van der Waals surface area contributed by atoms with Crippen molar-refractivity contribution < 1.29 is 4.79 Å². The van der Waals surface area contributed by atoms with Gasteiger partial charge in [0.15, 0.2) is 0 Å². The summed E-state index contributed by atoms with van der Waals surface area (Å²) in [7, 11) is 1.84. The lowest BCUT2D eigenvalue weighted by molar-refractivity contribution is -0.130. The molecule has 0 aromatic heterocycles. The van der Waals surface area contributed by atoms with Crippen molar-refractivity contribution in [1.29, 1.82) is 0 Å². The molecule has 0 fully saturated rings. The summed E-state index contributed by atoms with van der Waals surface area (Å²) in [6, 6.07) is 17.8. The average molecular weight is 282 g/mol. The van der Waals surface area contributed by atoms with Crippen LogP contribution in [0, 0.1) is 6.92 Å². The smallest absolute Gasteiger partial charge is 0.244 e. The van der Waals surface area contributed by atoms with Gasteiger partial charge < -0.3 is 10.2 Å². The molecule has 3 heteroatoms. The highest BCUT2D eigenvalue weighted by Gasteiger charge is 2.17. The van der Waals surface area contributed by atoms with Gasteiger partial charge in [0, 0.05) is 19.3 Å². The molecule has 110 valence electrons. The summed E-state index contributed by atoms with van der Waals surface area (Å²) in [5.41, 5.74) is 3.29. The number of benzene rings is 2. The highest BCUT2D eigenvalue weighted by molar-refractivity contribution is 5.84. The Morgan fingerprint density at radius 3 is 2.52 bits per heavy atom. The van der Waals surface area contributed by atoms with Gasteiger partial charge >= 0.3 is 0 Å². The Hall–Kier alpha value is -2.29. The molecular weight excluding hydrogens is 260 g/mol. The second-order valence-corrected chi connectivity index (χ2v) is 5.42. The molecular formula is C18H22N2O. The number of hydrogen-bond acceptors (Lipinski definition) is 2. The standard InChI is InChI=1S/C18H22N2O/c1-14-8-7-11-17(12-14)19-15(2)18(21)20(3)13-16-9-5-4-6-10-16/h4-12,15,19H,13H2,1-3H3. The number of aryl methyl sites for hydroxylation is 1. The highest BCUT2D eigenvalue weighted by atomic mass is 16.2. The molecule has 0 aliphatic rings.